The summed E-state index contributed by atoms with van der Waals surface area (Å²) >= 11 is 1.17. The number of rotatable bonds is 7. The Labute approximate surface area is 157 Å². The van der Waals surface area contributed by atoms with Crippen LogP contribution in [0.4, 0.5) is 5.69 Å². The molecule has 11 heteroatoms. The number of tetrazole rings is 1. The summed E-state index contributed by atoms with van der Waals surface area (Å²) in [4.78, 5) is 22.0. The SMILES string of the molecule is O=C(CSc1nnnn1-c1ccccc1)NN=Cc1ccc([N+](=O)[O-])cc1. The van der Waals surface area contributed by atoms with E-state index in [1.54, 1.807) is 0 Å². The van der Waals surface area contributed by atoms with Crippen molar-refractivity contribution in [2.75, 3.05) is 5.75 Å². The number of nitro groups is 1. The van der Waals surface area contributed by atoms with Crippen LogP contribution >= 0.6 is 11.8 Å². The fourth-order valence-electron chi connectivity index (χ4n) is 2.02. The Bertz CT molecular complexity index is 958. The summed E-state index contributed by atoms with van der Waals surface area (Å²) in [5, 5.41) is 26.4. The van der Waals surface area contributed by atoms with Crippen LogP contribution in [0.5, 0.6) is 0 Å². The van der Waals surface area contributed by atoms with Gasteiger partial charge >= 0.3 is 0 Å². The molecule has 0 atom stereocenters. The van der Waals surface area contributed by atoms with Gasteiger partial charge in [0.15, 0.2) is 0 Å². The molecular weight excluding hydrogens is 370 g/mol. The molecule has 0 aliphatic heterocycles. The van der Waals surface area contributed by atoms with Gasteiger partial charge in [-0.2, -0.15) is 9.78 Å². The van der Waals surface area contributed by atoms with E-state index in [4.69, 9.17) is 0 Å². The maximum Gasteiger partial charge on any atom is 0.269 e. The van der Waals surface area contributed by atoms with Crippen LogP contribution in [0.15, 0.2) is 64.9 Å². The molecule has 0 spiro atoms. The summed E-state index contributed by atoms with van der Waals surface area (Å²) < 4.78 is 1.54. The second-order valence-corrected chi connectivity index (χ2v) is 6.08. The lowest BCUT2D eigenvalue weighted by atomic mass is 10.2. The number of aromatic nitrogens is 4. The number of carbonyl (C=O) groups is 1. The second kappa shape index (κ2) is 8.67. The summed E-state index contributed by atoms with van der Waals surface area (Å²) in [7, 11) is 0. The lowest BCUT2D eigenvalue weighted by Crippen LogP contribution is -2.20. The fourth-order valence-corrected chi connectivity index (χ4v) is 2.71. The van der Waals surface area contributed by atoms with Crippen molar-refractivity contribution >= 4 is 29.6 Å². The fraction of sp³-hybridized carbons (Fsp3) is 0.0625. The van der Waals surface area contributed by atoms with Crippen LogP contribution in [0.25, 0.3) is 5.69 Å². The van der Waals surface area contributed by atoms with Crippen molar-refractivity contribution in [3.8, 4) is 5.69 Å². The molecule has 1 aromatic heterocycles. The highest BCUT2D eigenvalue weighted by Crippen LogP contribution is 2.17. The number of hydrazone groups is 1. The number of non-ortho nitro benzene ring substituents is 1. The molecule has 2 aromatic carbocycles. The van der Waals surface area contributed by atoms with Gasteiger partial charge in [-0.05, 0) is 40.3 Å². The first-order valence-corrected chi connectivity index (χ1v) is 8.65. The van der Waals surface area contributed by atoms with E-state index in [2.05, 4.69) is 26.1 Å². The molecule has 0 unspecified atom stereocenters. The van der Waals surface area contributed by atoms with Crippen LogP contribution in [0.1, 0.15) is 5.56 Å². The monoisotopic (exact) mass is 383 g/mol. The van der Waals surface area contributed by atoms with Crippen LogP contribution in [0, 0.1) is 10.1 Å². The van der Waals surface area contributed by atoms with Gasteiger partial charge in [0.1, 0.15) is 0 Å². The first kappa shape index (κ1) is 18.2. The minimum atomic E-state index is -0.483. The summed E-state index contributed by atoms with van der Waals surface area (Å²) in [6.45, 7) is 0. The predicted molar refractivity (Wildman–Crippen MR) is 98.7 cm³/mol. The third kappa shape index (κ3) is 4.95. The number of thioether (sulfide) groups is 1. The minimum absolute atomic E-state index is 0.0104. The highest BCUT2D eigenvalue weighted by molar-refractivity contribution is 7.99. The quantitative estimate of drug-likeness (QED) is 0.285. The molecule has 1 amide bonds. The highest BCUT2D eigenvalue weighted by atomic mass is 32.2. The van der Waals surface area contributed by atoms with Crippen molar-refractivity contribution in [3.63, 3.8) is 0 Å². The van der Waals surface area contributed by atoms with Gasteiger partial charge in [0.25, 0.3) is 11.6 Å². The molecular formula is C16H13N7O3S. The van der Waals surface area contributed by atoms with Gasteiger partial charge in [-0.3, -0.25) is 14.9 Å². The third-order valence-electron chi connectivity index (χ3n) is 3.28. The average molecular weight is 383 g/mol. The Morgan fingerprint density at radius 1 is 1.22 bits per heavy atom. The molecule has 0 saturated carbocycles. The molecule has 0 radical (unpaired) electrons. The predicted octanol–water partition coefficient (Wildman–Crippen LogP) is 1.81. The zero-order valence-corrected chi connectivity index (χ0v) is 14.6. The molecule has 0 aliphatic carbocycles. The van der Waals surface area contributed by atoms with Crippen LogP contribution < -0.4 is 5.43 Å². The molecule has 10 nitrogen and oxygen atoms in total. The van der Waals surface area contributed by atoms with E-state index in [1.165, 1.54) is 46.9 Å². The molecule has 3 aromatic rings. The second-order valence-electron chi connectivity index (χ2n) is 5.14. The van der Waals surface area contributed by atoms with Gasteiger partial charge in [-0.1, -0.05) is 30.0 Å². The summed E-state index contributed by atoms with van der Waals surface area (Å²) in [6, 6.07) is 15.1. The molecule has 0 aliphatic rings. The molecule has 27 heavy (non-hydrogen) atoms. The number of hydrogen-bond acceptors (Lipinski definition) is 8. The third-order valence-corrected chi connectivity index (χ3v) is 4.20. The number of benzene rings is 2. The molecule has 0 fully saturated rings. The van der Waals surface area contributed by atoms with Crippen LogP contribution in [0.2, 0.25) is 0 Å². The number of nitrogens with zero attached hydrogens (tertiary/aromatic N) is 6. The standard InChI is InChI=1S/C16H13N7O3S/c24-15(18-17-10-12-6-8-14(9-7-12)23(25)26)11-27-16-19-20-21-22(16)13-4-2-1-3-5-13/h1-10H,11H2,(H,18,24). The zero-order chi connectivity index (χ0) is 19.1. The molecule has 3 rings (SSSR count). The van der Waals surface area contributed by atoms with Gasteiger partial charge in [0, 0.05) is 12.1 Å². The van der Waals surface area contributed by atoms with Crippen LogP contribution in [-0.4, -0.2) is 43.0 Å². The largest absolute Gasteiger partial charge is 0.272 e. The van der Waals surface area contributed by atoms with Crippen molar-refractivity contribution in [3.05, 3.63) is 70.3 Å². The first-order chi connectivity index (χ1) is 13.1. The van der Waals surface area contributed by atoms with Gasteiger partial charge < -0.3 is 0 Å². The van der Waals surface area contributed by atoms with Gasteiger partial charge in [0.2, 0.25) is 5.16 Å². The molecule has 136 valence electrons. The van der Waals surface area contributed by atoms with Crippen molar-refractivity contribution in [1.29, 1.82) is 0 Å². The topological polar surface area (TPSA) is 128 Å². The van der Waals surface area contributed by atoms with E-state index < -0.39 is 4.92 Å². The Kier molecular flexibility index (Phi) is 5.84. The molecule has 1 N–H and O–H groups in total. The summed E-state index contributed by atoms with van der Waals surface area (Å²) in [6.07, 6.45) is 1.40. The highest BCUT2D eigenvalue weighted by Gasteiger charge is 2.11. The maximum atomic E-state index is 11.9. The van der Waals surface area contributed by atoms with Crippen molar-refractivity contribution in [1.82, 2.24) is 25.6 Å². The van der Waals surface area contributed by atoms with Crippen molar-refractivity contribution < 1.29 is 9.72 Å². The summed E-state index contributed by atoms with van der Waals surface area (Å²) in [5.74, 6) is -0.258. The Morgan fingerprint density at radius 2 is 1.96 bits per heavy atom. The first-order valence-electron chi connectivity index (χ1n) is 7.66. The van der Waals surface area contributed by atoms with E-state index in [0.717, 1.165) is 5.69 Å². The lowest BCUT2D eigenvalue weighted by Gasteiger charge is -2.03. The van der Waals surface area contributed by atoms with Gasteiger partial charge in [-0.15, -0.1) is 5.10 Å². The maximum absolute atomic E-state index is 11.9. The molecule has 1 heterocycles. The summed E-state index contributed by atoms with van der Waals surface area (Å²) in [5.41, 5.74) is 3.80. The lowest BCUT2D eigenvalue weighted by molar-refractivity contribution is -0.384. The number of para-hydroxylation sites is 1. The molecule has 0 saturated heterocycles. The van der Waals surface area contributed by atoms with Crippen LogP contribution in [-0.2, 0) is 4.79 Å². The van der Waals surface area contributed by atoms with Gasteiger partial charge in [-0.25, -0.2) is 5.43 Å². The Morgan fingerprint density at radius 3 is 2.67 bits per heavy atom. The van der Waals surface area contributed by atoms with Gasteiger partial charge in [0.05, 0.1) is 22.6 Å². The minimum Gasteiger partial charge on any atom is -0.272 e. The Hall–Kier alpha value is -3.60. The normalized spacial score (nSPS) is 10.8. The Balaban J connectivity index is 1.52. The van der Waals surface area contributed by atoms with Crippen molar-refractivity contribution in [2.45, 2.75) is 5.16 Å². The number of nitrogens with one attached hydrogen (secondary N) is 1. The molecule has 0 bridgehead atoms. The number of carbonyl (C=O) groups excluding carboxylic acids is 1. The average Bonchev–Trinajstić information content (AvgIpc) is 3.16. The van der Waals surface area contributed by atoms with E-state index in [-0.39, 0.29) is 17.3 Å². The number of amides is 1. The van der Waals surface area contributed by atoms with E-state index in [0.29, 0.717) is 10.7 Å². The van der Waals surface area contributed by atoms with E-state index in [1.807, 2.05) is 30.3 Å². The zero-order valence-electron chi connectivity index (χ0n) is 13.8. The van der Waals surface area contributed by atoms with Crippen LogP contribution in [0.3, 0.4) is 0 Å². The number of nitro benzene ring substituents is 1. The smallest absolute Gasteiger partial charge is 0.269 e. The van der Waals surface area contributed by atoms with E-state index in [9.17, 15) is 14.9 Å². The van der Waals surface area contributed by atoms with E-state index >= 15 is 0 Å². The van der Waals surface area contributed by atoms with Crippen molar-refractivity contribution in [2.24, 2.45) is 5.10 Å². The number of hydrogen-bond donors (Lipinski definition) is 1.